The molecule has 0 spiro atoms. The Morgan fingerprint density at radius 1 is 1.20 bits per heavy atom. The van der Waals surface area contributed by atoms with Crippen LogP contribution in [0.5, 0.6) is 5.75 Å². The van der Waals surface area contributed by atoms with Crippen LogP contribution in [-0.2, 0) is 6.42 Å². The van der Waals surface area contributed by atoms with Crippen LogP contribution in [0.25, 0.3) is 5.69 Å². The van der Waals surface area contributed by atoms with Gasteiger partial charge in [-0.25, -0.2) is 0 Å². The number of carbonyl (C=O) groups excluding carboxylic acids is 1. The molecule has 128 valence electrons. The zero-order valence-electron chi connectivity index (χ0n) is 14.3. The van der Waals surface area contributed by atoms with Gasteiger partial charge in [-0.3, -0.25) is 4.79 Å². The molecule has 0 saturated heterocycles. The first-order valence-electron chi connectivity index (χ1n) is 8.07. The van der Waals surface area contributed by atoms with Crippen molar-refractivity contribution >= 4 is 5.91 Å². The summed E-state index contributed by atoms with van der Waals surface area (Å²) in [5.41, 5.74) is 3.33. The Hall–Kier alpha value is -3.15. The maximum atomic E-state index is 12.2. The van der Waals surface area contributed by atoms with E-state index in [1.54, 1.807) is 7.11 Å². The van der Waals surface area contributed by atoms with Gasteiger partial charge in [0.15, 0.2) is 5.69 Å². The van der Waals surface area contributed by atoms with Crippen LogP contribution in [-0.4, -0.2) is 34.6 Å². The lowest BCUT2D eigenvalue weighted by Crippen LogP contribution is -2.26. The first kappa shape index (κ1) is 16.7. The molecule has 0 bridgehead atoms. The number of para-hydroxylation sites is 1. The van der Waals surface area contributed by atoms with E-state index in [1.807, 2.05) is 49.4 Å². The fourth-order valence-corrected chi connectivity index (χ4v) is 2.56. The summed E-state index contributed by atoms with van der Waals surface area (Å²) in [6, 6.07) is 15.5. The number of aromatic nitrogens is 3. The summed E-state index contributed by atoms with van der Waals surface area (Å²) < 4.78 is 5.36. The number of hydrogen-bond acceptors (Lipinski definition) is 4. The largest absolute Gasteiger partial charge is 0.496 e. The van der Waals surface area contributed by atoms with Crippen molar-refractivity contribution in [2.75, 3.05) is 13.7 Å². The minimum Gasteiger partial charge on any atom is -0.496 e. The summed E-state index contributed by atoms with van der Waals surface area (Å²) in [7, 11) is 1.65. The molecule has 0 saturated carbocycles. The van der Waals surface area contributed by atoms with Crippen molar-refractivity contribution in [2.24, 2.45) is 0 Å². The molecule has 0 radical (unpaired) electrons. The number of rotatable bonds is 6. The number of nitrogens with one attached hydrogen (secondary N) is 1. The van der Waals surface area contributed by atoms with E-state index in [1.165, 1.54) is 11.0 Å². The second-order valence-corrected chi connectivity index (χ2v) is 5.68. The molecule has 0 unspecified atom stereocenters. The minimum absolute atomic E-state index is 0.242. The summed E-state index contributed by atoms with van der Waals surface area (Å²) in [5.74, 6) is 0.587. The van der Waals surface area contributed by atoms with E-state index in [0.717, 1.165) is 22.6 Å². The molecule has 0 fully saturated rings. The van der Waals surface area contributed by atoms with Crippen molar-refractivity contribution in [2.45, 2.75) is 13.3 Å². The summed E-state index contributed by atoms with van der Waals surface area (Å²) in [6.45, 7) is 2.53. The van der Waals surface area contributed by atoms with Gasteiger partial charge in [0, 0.05) is 6.54 Å². The third kappa shape index (κ3) is 4.03. The maximum Gasteiger partial charge on any atom is 0.273 e. The van der Waals surface area contributed by atoms with Gasteiger partial charge in [0.25, 0.3) is 5.91 Å². The molecular weight excluding hydrogens is 316 g/mol. The number of benzene rings is 2. The monoisotopic (exact) mass is 336 g/mol. The smallest absolute Gasteiger partial charge is 0.273 e. The van der Waals surface area contributed by atoms with Gasteiger partial charge in [-0.15, -0.1) is 5.10 Å². The van der Waals surface area contributed by atoms with Gasteiger partial charge in [-0.05, 0) is 37.1 Å². The Balaban J connectivity index is 1.60. The molecule has 25 heavy (non-hydrogen) atoms. The van der Waals surface area contributed by atoms with E-state index in [2.05, 4.69) is 21.6 Å². The summed E-state index contributed by atoms with van der Waals surface area (Å²) >= 11 is 0. The molecule has 0 aliphatic carbocycles. The maximum absolute atomic E-state index is 12.2. The van der Waals surface area contributed by atoms with Gasteiger partial charge >= 0.3 is 0 Å². The molecule has 1 aromatic heterocycles. The first-order chi connectivity index (χ1) is 12.2. The molecule has 6 heteroatoms. The lowest BCUT2D eigenvalue weighted by molar-refractivity contribution is 0.0948. The van der Waals surface area contributed by atoms with E-state index < -0.39 is 0 Å². The zero-order valence-corrected chi connectivity index (χ0v) is 14.3. The van der Waals surface area contributed by atoms with Crippen molar-refractivity contribution in [3.8, 4) is 11.4 Å². The fourth-order valence-electron chi connectivity index (χ4n) is 2.56. The number of aryl methyl sites for hydroxylation is 1. The van der Waals surface area contributed by atoms with Crippen molar-refractivity contribution in [1.29, 1.82) is 0 Å². The zero-order chi connectivity index (χ0) is 17.6. The highest BCUT2D eigenvalue weighted by atomic mass is 16.5. The van der Waals surface area contributed by atoms with Crippen LogP contribution in [0.2, 0.25) is 0 Å². The molecule has 2 aromatic carbocycles. The molecule has 0 aliphatic rings. The van der Waals surface area contributed by atoms with E-state index in [-0.39, 0.29) is 5.91 Å². The van der Waals surface area contributed by atoms with E-state index in [0.29, 0.717) is 18.7 Å². The number of nitrogens with zero attached hydrogens (tertiary/aromatic N) is 3. The van der Waals surface area contributed by atoms with Crippen LogP contribution in [0.4, 0.5) is 0 Å². The van der Waals surface area contributed by atoms with Crippen molar-refractivity contribution in [1.82, 2.24) is 20.3 Å². The second kappa shape index (κ2) is 7.61. The van der Waals surface area contributed by atoms with Gasteiger partial charge in [0.05, 0.1) is 19.0 Å². The molecule has 0 atom stereocenters. The van der Waals surface area contributed by atoms with Gasteiger partial charge in [0.2, 0.25) is 0 Å². The number of ether oxygens (including phenoxy) is 1. The summed E-state index contributed by atoms with van der Waals surface area (Å²) in [6.07, 6.45) is 2.15. The van der Waals surface area contributed by atoms with Crippen LogP contribution in [0.15, 0.2) is 54.7 Å². The average Bonchev–Trinajstić information content (AvgIpc) is 3.13. The number of carbonyl (C=O) groups is 1. The van der Waals surface area contributed by atoms with Crippen LogP contribution in [0.1, 0.15) is 21.6 Å². The first-order valence-corrected chi connectivity index (χ1v) is 8.07. The van der Waals surface area contributed by atoms with Gasteiger partial charge in [-0.1, -0.05) is 35.9 Å². The van der Waals surface area contributed by atoms with Crippen molar-refractivity contribution in [3.63, 3.8) is 0 Å². The minimum atomic E-state index is -0.242. The SMILES string of the molecule is COc1ccc(C)cc1CCNC(=O)c1cnn(-c2ccccc2)n1. The fraction of sp³-hybridized carbons (Fsp3) is 0.211. The lowest BCUT2D eigenvalue weighted by atomic mass is 10.1. The molecular formula is C19H20N4O2. The molecule has 0 aliphatic heterocycles. The number of methoxy groups -OCH3 is 1. The Morgan fingerprint density at radius 2 is 2.00 bits per heavy atom. The predicted octanol–water partition coefficient (Wildman–Crippen LogP) is 2.56. The Kier molecular flexibility index (Phi) is 5.09. The number of amides is 1. The lowest BCUT2D eigenvalue weighted by Gasteiger charge is -2.09. The topological polar surface area (TPSA) is 69.0 Å². The normalized spacial score (nSPS) is 10.5. The molecule has 3 rings (SSSR count). The van der Waals surface area contributed by atoms with E-state index in [9.17, 15) is 4.79 Å². The Morgan fingerprint density at radius 3 is 2.76 bits per heavy atom. The third-order valence-electron chi connectivity index (χ3n) is 3.83. The van der Waals surface area contributed by atoms with Crippen LogP contribution >= 0.6 is 0 Å². The van der Waals surface area contributed by atoms with Crippen LogP contribution < -0.4 is 10.1 Å². The van der Waals surface area contributed by atoms with E-state index in [4.69, 9.17) is 4.74 Å². The highest BCUT2D eigenvalue weighted by Crippen LogP contribution is 2.19. The highest BCUT2D eigenvalue weighted by Gasteiger charge is 2.11. The van der Waals surface area contributed by atoms with E-state index >= 15 is 0 Å². The Bertz CT molecular complexity index is 859. The van der Waals surface area contributed by atoms with Gasteiger partial charge in [0.1, 0.15) is 5.75 Å². The quantitative estimate of drug-likeness (QED) is 0.751. The summed E-state index contributed by atoms with van der Waals surface area (Å²) in [4.78, 5) is 13.7. The number of hydrogen-bond donors (Lipinski definition) is 1. The molecule has 3 aromatic rings. The standard InChI is InChI=1S/C19H20N4O2/c1-14-8-9-18(25-2)15(12-14)10-11-20-19(24)17-13-21-23(22-17)16-6-4-3-5-7-16/h3-9,12-13H,10-11H2,1-2H3,(H,20,24). The van der Waals surface area contributed by atoms with Gasteiger partial charge < -0.3 is 10.1 Å². The average molecular weight is 336 g/mol. The molecule has 6 nitrogen and oxygen atoms in total. The van der Waals surface area contributed by atoms with Gasteiger partial charge in [-0.2, -0.15) is 9.90 Å². The molecule has 1 amide bonds. The van der Waals surface area contributed by atoms with Crippen LogP contribution in [0.3, 0.4) is 0 Å². The summed E-state index contributed by atoms with van der Waals surface area (Å²) in [5, 5.41) is 11.2. The predicted molar refractivity (Wildman–Crippen MR) is 95.1 cm³/mol. The highest BCUT2D eigenvalue weighted by molar-refractivity contribution is 5.91. The van der Waals surface area contributed by atoms with Crippen LogP contribution in [0, 0.1) is 6.92 Å². The van der Waals surface area contributed by atoms with Crippen molar-refractivity contribution < 1.29 is 9.53 Å². The Labute approximate surface area is 146 Å². The second-order valence-electron chi connectivity index (χ2n) is 5.68. The third-order valence-corrected chi connectivity index (χ3v) is 3.83. The molecule has 1 N–H and O–H groups in total. The molecule has 1 heterocycles. The van der Waals surface area contributed by atoms with Crippen molar-refractivity contribution in [3.05, 3.63) is 71.5 Å².